The lowest BCUT2D eigenvalue weighted by atomic mass is 10.2. The van der Waals surface area contributed by atoms with E-state index in [2.05, 4.69) is 31.5 Å². The van der Waals surface area contributed by atoms with Crippen molar-refractivity contribution in [3.8, 4) is 0 Å². The van der Waals surface area contributed by atoms with Crippen LogP contribution in [-0.4, -0.2) is 34.7 Å². The number of ether oxygens (including phenoxy) is 1. The molecule has 0 spiro atoms. The fraction of sp³-hybridized carbons (Fsp3) is 0.538. The number of amides is 1. The van der Waals surface area contributed by atoms with Crippen molar-refractivity contribution in [2.24, 2.45) is 0 Å². The Morgan fingerprint density at radius 2 is 2.09 bits per heavy atom. The van der Waals surface area contributed by atoms with Crippen LogP contribution in [0.4, 0.5) is 16.2 Å². The van der Waals surface area contributed by atoms with E-state index in [4.69, 9.17) is 4.74 Å². The van der Waals surface area contributed by atoms with Gasteiger partial charge in [0.1, 0.15) is 17.5 Å². The summed E-state index contributed by atoms with van der Waals surface area (Å²) in [4.78, 5) is 25.6. The number of alkyl carbamates (subject to hydrolysis) is 1. The summed E-state index contributed by atoms with van der Waals surface area (Å²) in [7, 11) is 0. The SMILES string of the molecule is CC(C)(C)OC(=O)NCCCNc1c(Br)cncc1[N+](=O)[O-]. The first-order valence-electron chi connectivity index (χ1n) is 6.69. The van der Waals surface area contributed by atoms with Gasteiger partial charge < -0.3 is 15.4 Å². The second-order valence-corrected chi connectivity index (χ2v) is 6.34. The van der Waals surface area contributed by atoms with Crippen molar-refractivity contribution in [2.45, 2.75) is 32.8 Å². The number of nitrogens with one attached hydrogen (secondary N) is 2. The van der Waals surface area contributed by atoms with Crippen molar-refractivity contribution in [3.63, 3.8) is 0 Å². The topological polar surface area (TPSA) is 106 Å². The van der Waals surface area contributed by atoms with E-state index in [1.807, 2.05) is 0 Å². The first-order valence-corrected chi connectivity index (χ1v) is 7.48. The van der Waals surface area contributed by atoms with E-state index >= 15 is 0 Å². The Morgan fingerprint density at radius 1 is 1.41 bits per heavy atom. The molecule has 0 radical (unpaired) electrons. The highest BCUT2D eigenvalue weighted by Gasteiger charge is 2.17. The molecule has 1 aromatic heterocycles. The molecule has 1 amide bonds. The molecule has 122 valence electrons. The molecule has 22 heavy (non-hydrogen) atoms. The number of pyridine rings is 1. The average molecular weight is 375 g/mol. The Bertz CT molecular complexity index is 545. The zero-order valence-corrected chi connectivity index (χ0v) is 14.3. The molecule has 0 atom stereocenters. The van der Waals surface area contributed by atoms with Crippen molar-refractivity contribution in [1.29, 1.82) is 0 Å². The second kappa shape index (κ2) is 7.92. The van der Waals surface area contributed by atoms with Crippen molar-refractivity contribution >= 4 is 33.4 Å². The molecule has 0 unspecified atom stereocenters. The third-order valence-corrected chi connectivity index (χ3v) is 3.00. The number of nitrogens with zero attached hydrogens (tertiary/aromatic N) is 2. The summed E-state index contributed by atoms with van der Waals surface area (Å²) in [6, 6.07) is 0. The van der Waals surface area contributed by atoms with Crippen LogP contribution in [0.1, 0.15) is 27.2 Å². The van der Waals surface area contributed by atoms with Crippen LogP contribution in [0.5, 0.6) is 0 Å². The van der Waals surface area contributed by atoms with Gasteiger partial charge in [-0.2, -0.15) is 0 Å². The molecule has 1 rings (SSSR count). The first kappa shape index (κ1) is 18.1. The van der Waals surface area contributed by atoms with Crippen LogP contribution in [0.25, 0.3) is 0 Å². The number of halogens is 1. The third kappa shape index (κ3) is 6.25. The largest absolute Gasteiger partial charge is 0.444 e. The standard InChI is InChI=1S/C13H19BrN4O4/c1-13(2,3)22-12(19)17-6-4-5-16-11-9(14)7-15-8-10(11)18(20)21/h7-8H,4-6H2,1-3H3,(H,15,16)(H,17,19). The van der Waals surface area contributed by atoms with E-state index in [-0.39, 0.29) is 5.69 Å². The summed E-state index contributed by atoms with van der Waals surface area (Å²) in [5.41, 5.74) is -0.267. The molecular formula is C13H19BrN4O4. The van der Waals surface area contributed by atoms with Gasteiger partial charge in [-0.15, -0.1) is 0 Å². The molecule has 0 aliphatic rings. The van der Waals surface area contributed by atoms with Crippen molar-refractivity contribution in [3.05, 3.63) is 27.0 Å². The Balaban J connectivity index is 2.40. The minimum atomic E-state index is -0.537. The zero-order valence-electron chi connectivity index (χ0n) is 12.7. The zero-order chi connectivity index (χ0) is 16.8. The first-order chi connectivity index (χ1) is 10.2. The van der Waals surface area contributed by atoms with Gasteiger partial charge in [-0.1, -0.05) is 0 Å². The van der Waals surface area contributed by atoms with Gasteiger partial charge in [-0.3, -0.25) is 15.1 Å². The number of hydrogen-bond acceptors (Lipinski definition) is 6. The Kier molecular flexibility index (Phi) is 6.54. The predicted octanol–water partition coefficient (Wildman–Crippen LogP) is 3.08. The highest BCUT2D eigenvalue weighted by atomic mass is 79.9. The lowest BCUT2D eigenvalue weighted by Crippen LogP contribution is -2.33. The molecule has 0 saturated heterocycles. The van der Waals surface area contributed by atoms with Crippen molar-refractivity contribution in [2.75, 3.05) is 18.4 Å². The molecule has 1 aromatic rings. The van der Waals surface area contributed by atoms with E-state index in [1.54, 1.807) is 20.8 Å². The van der Waals surface area contributed by atoms with E-state index in [9.17, 15) is 14.9 Å². The number of hydrogen-bond donors (Lipinski definition) is 2. The van der Waals surface area contributed by atoms with Gasteiger partial charge in [0.2, 0.25) is 0 Å². The molecule has 8 nitrogen and oxygen atoms in total. The van der Waals surface area contributed by atoms with Crippen LogP contribution in [0.3, 0.4) is 0 Å². The van der Waals surface area contributed by atoms with Gasteiger partial charge in [-0.05, 0) is 43.1 Å². The van der Waals surface area contributed by atoms with Crippen LogP contribution in [-0.2, 0) is 4.74 Å². The summed E-state index contributed by atoms with van der Waals surface area (Å²) in [6.07, 6.45) is 2.77. The molecule has 0 bridgehead atoms. The van der Waals surface area contributed by atoms with Crippen molar-refractivity contribution in [1.82, 2.24) is 10.3 Å². The van der Waals surface area contributed by atoms with Gasteiger partial charge in [-0.25, -0.2) is 4.79 Å². The molecule has 9 heteroatoms. The lowest BCUT2D eigenvalue weighted by molar-refractivity contribution is -0.384. The Labute approximate surface area is 136 Å². The number of rotatable bonds is 6. The lowest BCUT2D eigenvalue weighted by Gasteiger charge is -2.19. The third-order valence-electron chi connectivity index (χ3n) is 2.40. The maximum atomic E-state index is 11.4. The fourth-order valence-electron chi connectivity index (χ4n) is 1.54. The number of carbonyl (C=O) groups is 1. The summed E-state index contributed by atoms with van der Waals surface area (Å²) >= 11 is 3.22. The quantitative estimate of drug-likeness (QED) is 0.450. The van der Waals surface area contributed by atoms with E-state index in [0.717, 1.165) is 0 Å². The van der Waals surface area contributed by atoms with E-state index in [0.29, 0.717) is 29.7 Å². The summed E-state index contributed by atoms with van der Waals surface area (Å²) in [5, 5.41) is 16.5. The van der Waals surface area contributed by atoms with Crippen molar-refractivity contribution < 1.29 is 14.5 Å². The summed E-state index contributed by atoms with van der Waals surface area (Å²) in [5.74, 6) is 0. The molecule has 1 heterocycles. The van der Waals surface area contributed by atoms with Crippen LogP contribution in [0.2, 0.25) is 0 Å². The highest BCUT2D eigenvalue weighted by molar-refractivity contribution is 9.10. The van der Waals surface area contributed by atoms with Crippen LogP contribution < -0.4 is 10.6 Å². The Hall–Kier alpha value is -1.90. The van der Waals surface area contributed by atoms with Gasteiger partial charge in [0, 0.05) is 19.3 Å². The van der Waals surface area contributed by atoms with Crippen LogP contribution in [0.15, 0.2) is 16.9 Å². The Morgan fingerprint density at radius 3 is 2.68 bits per heavy atom. The molecule has 0 aliphatic carbocycles. The normalized spacial score (nSPS) is 10.9. The summed E-state index contributed by atoms with van der Waals surface area (Å²) in [6.45, 7) is 6.22. The molecule has 2 N–H and O–H groups in total. The monoisotopic (exact) mass is 374 g/mol. The number of aromatic nitrogens is 1. The smallest absolute Gasteiger partial charge is 0.407 e. The molecule has 0 aromatic carbocycles. The maximum absolute atomic E-state index is 11.4. The van der Waals surface area contributed by atoms with Crippen LogP contribution in [0, 0.1) is 10.1 Å². The van der Waals surface area contributed by atoms with E-state index < -0.39 is 16.6 Å². The number of anilines is 1. The fourth-order valence-corrected chi connectivity index (χ4v) is 2.01. The number of carbonyl (C=O) groups excluding carboxylic acids is 1. The molecule has 0 fully saturated rings. The van der Waals surface area contributed by atoms with Gasteiger partial charge in [0.25, 0.3) is 0 Å². The highest BCUT2D eigenvalue weighted by Crippen LogP contribution is 2.30. The maximum Gasteiger partial charge on any atom is 0.407 e. The minimum Gasteiger partial charge on any atom is -0.444 e. The second-order valence-electron chi connectivity index (χ2n) is 5.48. The minimum absolute atomic E-state index is 0.102. The van der Waals surface area contributed by atoms with Crippen LogP contribution >= 0.6 is 15.9 Å². The molecular weight excluding hydrogens is 356 g/mol. The number of nitro groups is 1. The molecule has 0 saturated carbocycles. The summed E-state index contributed by atoms with van der Waals surface area (Å²) < 4.78 is 5.61. The van der Waals surface area contributed by atoms with Gasteiger partial charge in [0.05, 0.1) is 9.40 Å². The predicted molar refractivity (Wildman–Crippen MR) is 85.9 cm³/mol. The van der Waals surface area contributed by atoms with Gasteiger partial charge in [0.15, 0.2) is 0 Å². The molecule has 0 aliphatic heterocycles. The average Bonchev–Trinajstić information content (AvgIpc) is 2.37. The van der Waals surface area contributed by atoms with Gasteiger partial charge >= 0.3 is 11.8 Å². The van der Waals surface area contributed by atoms with E-state index in [1.165, 1.54) is 12.4 Å².